The van der Waals surface area contributed by atoms with Crippen LogP contribution in [-0.4, -0.2) is 28.5 Å². The number of hydrogen-bond acceptors (Lipinski definition) is 1. The number of rotatable bonds is 2. The van der Waals surface area contributed by atoms with E-state index in [9.17, 15) is 4.79 Å². The van der Waals surface area contributed by atoms with Crippen LogP contribution >= 0.6 is 0 Å². The number of para-hydroxylation sites is 1. The van der Waals surface area contributed by atoms with Crippen molar-refractivity contribution in [3.63, 3.8) is 0 Å². The van der Waals surface area contributed by atoms with Gasteiger partial charge in [0.1, 0.15) is 5.69 Å². The lowest BCUT2D eigenvalue weighted by molar-refractivity contribution is 0.0688. The van der Waals surface area contributed by atoms with Gasteiger partial charge in [-0.05, 0) is 30.4 Å². The van der Waals surface area contributed by atoms with E-state index in [2.05, 4.69) is 19.6 Å². The van der Waals surface area contributed by atoms with Gasteiger partial charge in [-0.25, -0.2) is 0 Å². The molecule has 0 N–H and O–H groups in total. The number of hydrogen-bond donors (Lipinski definition) is 0. The van der Waals surface area contributed by atoms with E-state index in [1.165, 1.54) is 0 Å². The van der Waals surface area contributed by atoms with Crippen molar-refractivity contribution in [2.45, 2.75) is 19.8 Å². The molecule has 1 aliphatic heterocycles. The van der Waals surface area contributed by atoms with Crippen LogP contribution in [0.4, 0.5) is 0 Å². The Bertz CT molecular complexity index is 691. The topological polar surface area (TPSA) is 25.2 Å². The quantitative estimate of drug-likeness (QED) is 0.824. The van der Waals surface area contributed by atoms with Gasteiger partial charge in [0, 0.05) is 25.5 Å². The third-order valence-corrected chi connectivity index (χ3v) is 4.60. The summed E-state index contributed by atoms with van der Waals surface area (Å²) in [6.45, 7) is 7.87. The molecule has 1 aliphatic rings. The molecule has 1 saturated heterocycles. The number of carbonyl (C=O) groups is 1. The predicted octanol–water partition coefficient (Wildman–Crippen LogP) is 3.69. The van der Waals surface area contributed by atoms with Crippen LogP contribution in [0, 0.1) is 5.92 Å². The molecule has 0 spiro atoms. The van der Waals surface area contributed by atoms with Gasteiger partial charge in [0.15, 0.2) is 0 Å². The molecule has 1 aromatic heterocycles. The minimum atomic E-state index is 0.149. The zero-order chi connectivity index (χ0) is 15.0. The third kappa shape index (κ3) is 2.37. The van der Waals surface area contributed by atoms with Gasteiger partial charge in [0.25, 0.3) is 5.91 Å². The summed E-state index contributed by atoms with van der Waals surface area (Å²) in [7, 11) is 1.97. The van der Waals surface area contributed by atoms with Crippen LogP contribution in [0.5, 0.6) is 0 Å². The molecule has 2 heterocycles. The molecule has 0 radical (unpaired) electrons. The van der Waals surface area contributed by atoms with Crippen LogP contribution in [-0.2, 0) is 7.05 Å². The molecule has 0 bridgehead atoms. The Balaban J connectivity index is 1.99. The van der Waals surface area contributed by atoms with Crippen LogP contribution in [0.3, 0.4) is 0 Å². The maximum Gasteiger partial charge on any atom is 0.270 e. The predicted molar refractivity (Wildman–Crippen MR) is 87.3 cm³/mol. The highest BCUT2D eigenvalue weighted by atomic mass is 16.2. The average Bonchev–Trinajstić information content (AvgIpc) is 2.84. The molecule has 0 saturated carbocycles. The van der Waals surface area contributed by atoms with Crippen LogP contribution < -0.4 is 0 Å². The van der Waals surface area contributed by atoms with Crippen molar-refractivity contribution in [2.24, 2.45) is 13.0 Å². The summed E-state index contributed by atoms with van der Waals surface area (Å²) in [5.41, 5.74) is 2.93. The summed E-state index contributed by atoms with van der Waals surface area (Å²) < 4.78 is 2.01. The van der Waals surface area contributed by atoms with Gasteiger partial charge in [-0.15, -0.1) is 0 Å². The fourth-order valence-electron chi connectivity index (χ4n) is 3.19. The molecule has 1 aromatic carbocycles. The van der Waals surface area contributed by atoms with Crippen molar-refractivity contribution in [2.75, 3.05) is 13.1 Å². The second kappa shape index (κ2) is 5.40. The number of likely N-dealkylation sites (tertiary alicyclic amines) is 1. The SMILES string of the molecule is C=Cc1cccc2cc(C(=O)N3CCC(C)CC3)n(C)c12. The lowest BCUT2D eigenvalue weighted by Crippen LogP contribution is -2.38. The monoisotopic (exact) mass is 282 g/mol. The summed E-state index contributed by atoms with van der Waals surface area (Å²) in [6.07, 6.45) is 4.06. The van der Waals surface area contributed by atoms with E-state index in [4.69, 9.17) is 0 Å². The zero-order valence-electron chi connectivity index (χ0n) is 12.8. The zero-order valence-corrected chi connectivity index (χ0v) is 12.8. The van der Waals surface area contributed by atoms with Crippen molar-refractivity contribution in [3.05, 3.63) is 42.1 Å². The van der Waals surface area contributed by atoms with Crippen molar-refractivity contribution in [3.8, 4) is 0 Å². The van der Waals surface area contributed by atoms with Crippen molar-refractivity contribution in [1.82, 2.24) is 9.47 Å². The smallest absolute Gasteiger partial charge is 0.270 e. The molecule has 110 valence electrons. The Morgan fingerprint density at radius 3 is 2.71 bits per heavy atom. The Kier molecular flexibility index (Phi) is 3.58. The Labute approximate surface area is 125 Å². The van der Waals surface area contributed by atoms with Gasteiger partial charge < -0.3 is 9.47 Å². The number of amides is 1. The van der Waals surface area contributed by atoms with E-state index >= 15 is 0 Å². The standard InChI is InChI=1S/C18H22N2O/c1-4-14-6-5-7-15-12-16(19(3)17(14)15)18(21)20-10-8-13(2)9-11-20/h4-7,12-13H,1,8-11H2,2-3H3. The lowest BCUT2D eigenvalue weighted by atomic mass is 9.99. The molecule has 1 fully saturated rings. The lowest BCUT2D eigenvalue weighted by Gasteiger charge is -2.30. The molecule has 21 heavy (non-hydrogen) atoms. The molecule has 3 nitrogen and oxygen atoms in total. The van der Waals surface area contributed by atoms with Crippen LogP contribution in [0.25, 0.3) is 17.0 Å². The first-order valence-electron chi connectivity index (χ1n) is 7.62. The normalized spacial score (nSPS) is 16.4. The Morgan fingerprint density at radius 1 is 1.33 bits per heavy atom. The molecule has 3 rings (SSSR count). The van der Waals surface area contributed by atoms with Gasteiger partial charge in [0.05, 0.1) is 5.52 Å². The Morgan fingerprint density at radius 2 is 2.05 bits per heavy atom. The van der Waals surface area contributed by atoms with E-state index < -0.39 is 0 Å². The maximum absolute atomic E-state index is 12.8. The largest absolute Gasteiger partial charge is 0.339 e. The van der Waals surface area contributed by atoms with E-state index in [-0.39, 0.29) is 5.91 Å². The number of carbonyl (C=O) groups excluding carboxylic acids is 1. The maximum atomic E-state index is 12.8. The molecule has 3 heteroatoms. The molecule has 0 atom stereocenters. The van der Waals surface area contributed by atoms with Gasteiger partial charge >= 0.3 is 0 Å². The number of aryl methyl sites for hydroxylation is 1. The first-order chi connectivity index (χ1) is 10.1. The minimum Gasteiger partial charge on any atom is -0.339 e. The summed E-state index contributed by atoms with van der Waals surface area (Å²) in [5.74, 6) is 0.879. The average molecular weight is 282 g/mol. The molecule has 0 aliphatic carbocycles. The molecule has 1 amide bonds. The van der Waals surface area contributed by atoms with Crippen LogP contribution in [0.2, 0.25) is 0 Å². The number of benzene rings is 1. The number of piperidine rings is 1. The van der Waals surface area contributed by atoms with Gasteiger partial charge in [-0.3, -0.25) is 4.79 Å². The fourth-order valence-corrected chi connectivity index (χ4v) is 3.19. The molecular weight excluding hydrogens is 260 g/mol. The third-order valence-electron chi connectivity index (χ3n) is 4.60. The molecular formula is C18H22N2O. The molecule has 0 unspecified atom stereocenters. The highest BCUT2D eigenvalue weighted by molar-refractivity contribution is 6.00. The highest BCUT2D eigenvalue weighted by Crippen LogP contribution is 2.25. The van der Waals surface area contributed by atoms with Gasteiger partial charge in [-0.2, -0.15) is 0 Å². The second-order valence-electron chi connectivity index (χ2n) is 6.05. The first-order valence-corrected chi connectivity index (χ1v) is 7.62. The number of aromatic nitrogens is 1. The number of fused-ring (bicyclic) bond motifs is 1. The minimum absolute atomic E-state index is 0.149. The van der Waals surface area contributed by atoms with Crippen molar-refractivity contribution >= 4 is 22.9 Å². The van der Waals surface area contributed by atoms with Crippen molar-refractivity contribution < 1.29 is 4.79 Å². The first kappa shape index (κ1) is 13.9. The Hall–Kier alpha value is -2.03. The van der Waals surface area contributed by atoms with Crippen molar-refractivity contribution in [1.29, 1.82) is 0 Å². The summed E-state index contributed by atoms with van der Waals surface area (Å²) in [5, 5.41) is 1.10. The van der Waals surface area contributed by atoms with Crippen LogP contribution in [0.1, 0.15) is 35.8 Å². The van der Waals surface area contributed by atoms with E-state index in [0.717, 1.165) is 54.0 Å². The van der Waals surface area contributed by atoms with E-state index in [0.29, 0.717) is 0 Å². The van der Waals surface area contributed by atoms with E-state index in [1.54, 1.807) is 0 Å². The number of nitrogens with zero attached hydrogens (tertiary/aromatic N) is 2. The highest BCUT2D eigenvalue weighted by Gasteiger charge is 2.24. The second-order valence-corrected chi connectivity index (χ2v) is 6.05. The van der Waals surface area contributed by atoms with Gasteiger partial charge in [0.2, 0.25) is 0 Å². The van der Waals surface area contributed by atoms with Crippen LogP contribution in [0.15, 0.2) is 30.8 Å². The summed E-state index contributed by atoms with van der Waals surface area (Å²) in [4.78, 5) is 14.8. The van der Waals surface area contributed by atoms with E-state index in [1.807, 2.05) is 40.8 Å². The summed E-state index contributed by atoms with van der Waals surface area (Å²) in [6, 6.07) is 8.10. The van der Waals surface area contributed by atoms with Gasteiger partial charge in [-0.1, -0.05) is 37.8 Å². The molecule has 2 aromatic rings. The fraction of sp³-hybridized carbons (Fsp3) is 0.389. The summed E-state index contributed by atoms with van der Waals surface area (Å²) >= 11 is 0.